The number of rotatable bonds is 4. The number of likely N-dealkylation sites (tertiary alicyclic amines) is 1. The van der Waals surface area contributed by atoms with E-state index in [9.17, 15) is 19.7 Å². The Labute approximate surface area is 154 Å². The number of nitrogens with zero attached hydrogens (tertiary/aromatic N) is 3. The fourth-order valence-electron chi connectivity index (χ4n) is 3.11. The molecule has 1 unspecified atom stereocenters. The molecular formula is C17H18N4O4S. The number of aryl methyl sites for hydroxylation is 1. The molecule has 136 valence electrons. The first kappa shape index (κ1) is 18.0. The molecule has 1 saturated heterocycles. The van der Waals surface area contributed by atoms with E-state index in [1.54, 1.807) is 30.6 Å². The lowest BCUT2D eigenvalue weighted by atomic mass is 9.96. The fraction of sp³-hybridized carbons (Fsp3) is 0.353. The summed E-state index contributed by atoms with van der Waals surface area (Å²) < 4.78 is 0. The van der Waals surface area contributed by atoms with Crippen molar-refractivity contribution in [1.29, 1.82) is 0 Å². The van der Waals surface area contributed by atoms with Gasteiger partial charge in [-0.25, -0.2) is 4.98 Å². The van der Waals surface area contributed by atoms with Crippen molar-refractivity contribution in [2.24, 2.45) is 5.92 Å². The van der Waals surface area contributed by atoms with Crippen LogP contribution in [0.15, 0.2) is 29.8 Å². The van der Waals surface area contributed by atoms with Crippen molar-refractivity contribution in [3.8, 4) is 0 Å². The van der Waals surface area contributed by atoms with Gasteiger partial charge in [0, 0.05) is 30.2 Å². The first-order valence-corrected chi connectivity index (χ1v) is 9.09. The summed E-state index contributed by atoms with van der Waals surface area (Å²) in [6.07, 6.45) is 2.94. The van der Waals surface area contributed by atoms with Crippen molar-refractivity contribution in [3.05, 3.63) is 51.0 Å². The number of para-hydroxylation sites is 1. The molecule has 26 heavy (non-hydrogen) atoms. The lowest BCUT2D eigenvalue weighted by molar-refractivity contribution is -0.385. The minimum Gasteiger partial charge on any atom is -0.338 e. The first-order valence-electron chi connectivity index (χ1n) is 8.21. The van der Waals surface area contributed by atoms with E-state index < -0.39 is 10.8 Å². The summed E-state index contributed by atoms with van der Waals surface area (Å²) in [5, 5.41) is 16.4. The molecule has 1 atom stereocenters. The Kier molecular flexibility index (Phi) is 5.27. The number of amides is 2. The second kappa shape index (κ2) is 7.61. The second-order valence-corrected chi connectivity index (χ2v) is 7.04. The molecule has 0 bridgehead atoms. The molecule has 9 heteroatoms. The third-order valence-corrected chi connectivity index (χ3v) is 5.08. The number of hydrogen-bond donors (Lipinski definition) is 1. The van der Waals surface area contributed by atoms with Crippen molar-refractivity contribution in [2.45, 2.75) is 19.8 Å². The minimum atomic E-state index is -0.529. The molecule has 1 aromatic heterocycles. The number of nitro groups is 1. The Hall–Kier alpha value is -2.81. The van der Waals surface area contributed by atoms with Crippen LogP contribution in [-0.2, 0) is 4.79 Å². The molecule has 0 saturated carbocycles. The topological polar surface area (TPSA) is 105 Å². The third-order valence-electron chi connectivity index (χ3n) is 4.39. The zero-order valence-corrected chi connectivity index (χ0v) is 15.0. The zero-order valence-electron chi connectivity index (χ0n) is 14.2. The van der Waals surface area contributed by atoms with Crippen molar-refractivity contribution in [1.82, 2.24) is 9.88 Å². The van der Waals surface area contributed by atoms with Gasteiger partial charge in [0.1, 0.15) is 5.56 Å². The number of carbonyl (C=O) groups is 2. The van der Waals surface area contributed by atoms with Gasteiger partial charge >= 0.3 is 0 Å². The van der Waals surface area contributed by atoms with E-state index in [1.807, 2.05) is 0 Å². The van der Waals surface area contributed by atoms with Crippen LogP contribution in [0.4, 0.5) is 10.8 Å². The highest BCUT2D eigenvalue weighted by atomic mass is 32.1. The van der Waals surface area contributed by atoms with Gasteiger partial charge in [-0.2, -0.15) is 0 Å². The molecular weight excluding hydrogens is 356 g/mol. The molecule has 0 radical (unpaired) electrons. The molecule has 2 aromatic rings. The molecule has 0 spiro atoms. The quantitative estimate of drug-likeness (QED) is 0.654. The monoisotopic (exact) mass is 374 g/mol. The molecule has 2 heterocycles. The average Bonchev–Trinajstić information content (AvgIpc) is 3.13. The van der Waals surface area contributed by atoms with E-state index in [-0.39, 0.29) is 29.6 Å². The maximum Gasteiger partial charge on any atom is 0.285 e. The van der Waals surface area contributed by atoms with Gasteiger partial charge in [0.15, 0.2) is 5.13 Å². The molecule has 1 aliphatic heterocycles. The smallest absolute Gasteiger partial charge is 0.285 e. The number of nitrogens with one attached hydrogen (secondary N) is 1. The highest BCUT2D eigenvalue weighted by Gasteiger charge is 2.32. The van der Waals surface area contributed by atoms with Gasteiger partial charge in [0.25, 0.3) is 11.6 Å². The van der Waals surface area contributed by atoms with Crippen LogP contribution in [0.1, 0.15) is 28.8 Å². The first-order chi connectivity index (χ1) is 12.5. The van der Waals surface area contributed by atoms with Gasteiger partial charge in [-0.3, -0.25) is 19.7 Å². The molecule has 1 N–H and O–H groups in total. The summed E-state index contributed by atoms with van der Waals surface area (Å²) in [6.45, 7) is 2.32. The number of nitro benzene ring substituents is 1. The summed E-state index contributed by atoms with van der Waals surface area (Å²) in [7, 11) is 0. The SMILES string of the molecule is Cc1cccc(C(=O)N2CCCC(C(=O)Nc3nccs3)C2)c1[N+](=O)[O-]. The van der Waals surface area contributed by atoms with E-state index in [1.165, 1.54) is 22.3 Å². The minimum absolute atomic E-state index is 0.0657. The highest BCUT2D eigenvalue weighted by molar-refractivity contribution is 7.13. The average molecular weight is 374 g/mol. The van der Waals surface area contributed by atoms with Crippen LogP contribution in [-0.4, -0.2) is 39.7 Å². The Morgan fingerprint density at radius 3 is 2.92 bits per heavy atom. The van der Waals surface area contributed by atoms with Gasteiger partial charge in [-0.1, -0.05) is 12.1 Å². The van der Waals surface area contributed by atoms with Crippen molar-refractivity contribution in [2.75, 3.05) is 18.4 Å². The lowest BCUT2D eigenvalue weighted by Gasteiger charge is -2.31. The maximum absolute atomic E-state index is 12.8. The Bertz CT molecular complexity index is 837. The molecule has 3 rings (SSSR count). The number of carbonyl (C=O) groups excluding carboxylic acids is 2. The van der Waals surface area contributed by atoms with Gasteiger partial charge < -0.3 is 10.2 Å². The predicted molar refractivity (Wildman–Crippen MR) is 97.2 cm³/mol. The van der Waals surface area contributed by atoms with E-state index in [4.69, 9.17) is 0 Å². The zero-order chi connectivity index (χ0) is 18.7. The van der Waals surface area contributed by atoms with E-state index in [0.29, 0.717) is 30.1 Å². The molecule has 1 aliphatic rings. The summed E-state index contributed by atoms with van der Waals surface area (Å²) in [4.78, 5) is 41.6. The van der Waals surface area contributed by atoms with Crippen molar-refractivity contribution < 1.29 is 14.5 Å². The van der Waals surface area contributed by atoms with Crippen LogP contribution in [0.2, 0.25) is 0 Å². The van der Waals surface area contributed by atoms with E-state index in [0.717, 1.165) is 0 Å². The van der Waals surface area contributed by atoms with Crippen LogP contribution in [0.5, 0.6) is 0 Å². The number of thiazole rings is 1. The normalized spacial score (nSPS) is 17.0. The largest absolute Gasteiger partial charge is 0.338 e. The Morgan fingerprint density at radius 1 is 1.42 bits per heavy atom. The lowest BCUT2D eigenvalue weighted by Crippen LogP contribution is -2.44. The molecule has 2 amide bonds. The van der Waals surface area contributed by atoms with Gasteiger partial charge in [0.2, 0.25) is 5.91 Å². The van der Waals surface area contributed by atoms with Gasteiger partial charge in [-0.05, 0) is 25.8 Å². The van der Waals surface area contributed by atoms with Crippen molar-refractivity contribution in [3.63, 3.8) is 0 Å². The molecule has 1 aromatic carbocycles. The van der Waals surface area contributed by atoms with E-state index >= 15 is 0 Å². The standard InChI is InChI=1S/C17H18N4O4S/c1-11-4-2-6-13(14(11)21(24)25)16(23)20-8-3-5-12(10-20)15(22)19-17-18-7-9-26-17/h2,4,6-7,9,12H,3,5,8,10H2,1H3,(H,18,19,22). The van der Waals surface area contributed by atoms with E-state index in [2.05, 4.69) is 10.3 Å². The second-order valence-electron chi connectivity index (χ2n) is 6.15. The summed E-state index contributed by atoms with van der Waals surface area (Å²) in [5.41, 5.74) is 0.332. The van der Waals surface area contributed by atoms with Crippen LogP contribution < -0.4 is 5.32 Å². The Balaban J connectivity index is 1.75. The van der Waals surface area contributed by atoms with Gasteiger partial charge in [-0.15, -0.1) is 11.3 Å². The third kappa shape index (κ3) is 3.72. The van der Waals surface area contributed by atoms with Crippen molar-refractivity contribution >= 4 is 34.0 Å². The Morgan fingerprint density at radius 2 is 2.23 bits per heavy atom. The van der Waals surface area contributed by atoms with Crippen LogP contribution >= 0.6 is 11.3 Å². The number of anilines is 1. The highest BCUT2D eigenvalue weighted by Crippen LogP contribution is 2.27. The molecule has 1 fully saturated rings. The van der Waals surface area contributed by atoms with Gasteiger partial charge in [0.05, 0.1) is 10.8 Å². The van der Waals surface area contributed by atoms with Crippen LogP contribution in [0.3, 0.4) is 0 Å². The molecule has 8 nitrogen and oxygen atoms in total. The molecule has 0 aliphatic carbocycles. The number of aromatic nitrogens is 1. The fourth-order valence-corrected chi connectivity index (χ4v) is 3.64. The van der Waals surface area contributed by atoms with Crippen LogP contribution in [0.25, 0.3) is 0 Å². The van der Waals surface area contributed by atoms with Crippen LogP contribution in [0, 0.1) is 23.0 Å². The summed E-state index contributed by atoms with van der Waals surface area (Å²) in [6, 6.07) is 4.70. The number of benzene rings is 1. The number of hydrogen-bond acceptors (Lipinski definition) is 6. The summed E-state index contributed by atoms with van der Waals surface area (Å²) in [5.74, 6) is -0.955. The predicted octanol–water partition coefficient (Wildman–Crippen LogP) is 2.85. The number of piperidine rings is 1. The maximum atomic E-state index is 12.8. The summed E-state index contributed by atoms with van der Waals surface area (Å²) >= 11 is 1.33.